The molecule has 0 saturated carbocycles. The fraction of sp³-hybridized carbons (Fsp3) is 0.400. The lowest BCUT2D eigenvalue weighted by molar-refractivity contribution is -0.154. The fourth-order valence-corrected chi connectivity index (χ4v) is 2.98. The van der Waals surface area contributed by atoms with E-state index in [0.29, 0.717) is 17.7 Å². The summed E-state index contributed by atoms with van der Waals surface area (Å²) in [4.78, 5) is 17.0. The van der Waals surface area contributed by atoms with Gasteiger partial charge in [-0.15, -0.1) is 11.3 Å². The summed E-state index contributed by atoms with van der Waals surface area (Å²) in [7, 11) is 0. The second kappa shape index (κ2) is 8.94. The van der Waals surface area contributed by atoms with E-state index in [-0.39, 0.29) is 25.4 Å². The normalized spacial score (nSPS) is 12.1. The van der Waals surface area contributed by atoms with Crippen molar-refractivity contribution in [3.8, 4) is 16.2 Å². The van der Waals surface area contributed by atoms with E-state index in [1.807, 2.05) is 37.4 Å². The van der Waals surface area contributed by atoms with Crippen LogP contribution < -0.4 is 4.74 Å². The molecule has 2 rings (SSSR count). The summed E-state index contributed by atoms with van der Waals surface area (Å²) in [6.45, 7) is 7.47. The molecule has 0 N–H and O–H groups in total. The minimum Gasteiger partial charge on any atom is -0.489 e. The Morgan fingerprint density at radius 1 is 1.23 bits per heavy atom. The predicted octanol–water partition coefficient (Wildman–Crippen LogP) is 5.47. The van der Waals surface area contributed by atoms with Gasteiger partial charge in [-0.25, -0.2) is 9.37 Å². The summed E-state index contributed by atoms with van der Waals surface area (Å²) in [5.74, 6) is 0.299. The number of carbonyl (C=O) groups is 1. The maximum absolute atomic E-state index is 13.0. The quantitative estimate of drug-likeness (QED) is 0.600. The van der Waals surface area contributed by atoms with Gasteiger partial charge in [0.2, 0.25) is 0 Å². The van der Waals surface area contributed by atoms with Crippen LogP contribution in [0.4, 0.5) is 4.39 Å². The summed E-state index contributed by atoms with van der Waals surface area (Å²) in [6, 6.07) is 7.58. The Morgan fingerprint density at radius 3 is 2.46 bits per heavy atom. The van der Waals surface area contributed by atoms with Crippen molar-refractivity contribution in [1.29, 1.82) is 0 Å². The zero-order valence-corrected chi connectivity index (χ0v) is 16.4. The topological polar surface area (TPSA) is 48.4 Å². The first kappa shape index (κ1) is 20.1. The smallest absolute Gasteiger partial charge is 0.306 e. The number of thiazole rings is 1. The Bertz CT molecular complexity index is 760. The highest BCUT2D eigenvalue weighted by molar-refractivity contribution is 7.15. The van der Waals surface area contributed by atoms with Gasteiger partial charge in [0.25, 0.3) is 0 Å². The number of hydrogen-bond acceptors (Lipinski definition) is 5. The zero-order valence-electron chi connectivity index (χ0n) is 15.5. The molecule has 0 bridgehead atoms. The van der Waals surface area contributed by atoms with Crippen molar-refractivity contribution in [3.05, 3.63) is 47.4 Å². The molecule has 2 aromatic rings. The van der Waals surface area contributed by atoms with Gasteiger partial charge in [-0.2, -0.15) is 0 Å². The van der Waals surface area contributed by atoms with Crippen molar-refractivity contribution in [2.45, 2.75) is 46.1 Å². The third kappa shape index (κ3) is 6.59. The number of halogens is 1. The molecule has 0 atom stereocenters. The highest BCUT2D eigenvalue weighted by atomic mass is 32.1. The minimum atomic E-state index is -0.536. The molecule has 6 heteroatoms. The summed E-state index contributed by atoms with van der Waals surface area (Å²) in [5.41, 5.74) is 0.943. The van der Waals surface area contributed by atoms with E-state index in [4.69, 9.17) is 9.47 Å². The van der Waals surface area contributed by atoms with E-state index < -0.39 is 5.60 Å². The van der Waals surface area contributed by atoms with Crippen LogP contribution in [-0.2, 0) is 9.53 Å². The van der Waals surface area contributed by atoms with E-state index in [9.17, 15) is 9.18 Å². The van der Waals surface area contributed by atoms with Gasteiger partial charge in [0.15, 0.2) is 0 Å². The van der Waals surface area contributed by atoms with Gasteiger partial charge >= 0.3 is 5.97 Å². The highest BCUT2D eigenvalue weighted by Gasteiger charge is 2.16. The monoisotopic (exact) mass is 377 g/mol. The lowest BCUT2D eigenvalue weighted by Crippen LogP contribution is -2.23. The lowest BCUT2D eigenvalue weighted by atomic mass is 10.1. The second-order valence-electron chi connectivity index (χ2n) is 6.91. The van der Waals surface area contributed by atoms with Crippen LogP contribution in [0.5, 0.6) is 5.75 Å². The van der Waals surface area contributed by atoms with E-state index in [1.54, 1.807) is 32.1 Å². The number of hydrogen-bond donors (Lipinski definition) is 0. The van der Waals surface area contributed by atoms with Crippen molar-refractivity contribution in [2.75, 3.05) is 6.61 Å². The van der Waals surface area contributed by atoms with Crippen LogP contribution in [0.15, 0.2) is 42.4 Å². The molecule has 26 heavy (non-hydrogen) atoms. The van der Waals surface area contributed by atoms with E-state index >= 15 is 0 Å². The van der Waals surface area contributed by atoms with Crippen LogP contribution in [-0.4, -0.2) is 23.2 Å². The Labute approximate surface area is 157 Å². The molecule has 1 aromatic carbocycles. The molecule has 0 amide bonds. The number of nitrogens with zero attached hydrogens (tertiary/aromatic N) is 1. The van der Waals surface area contributed by atoms with Crippen LogP contribution >= 0.6 is 11.3 Å². The van der Waals surface area contributed by atoms with E-state index in [2.05, 4.69) is 4.98 Å². The van der Waals surface area contributed by atoms with Crippen LogP contribution in [0.3, 0.4) is 0 Å². The molecule has 0 radical (unpaired) electrons. The van der Waals surface area contributed by atoms with Crippen LogP contribution in [0.2, 0.25) is 0 Å². The molecule has 0 aliphatic carbocycles. The zero-order chi connectivity index (χ0) is 19.2. The first-order chi connectivity index (χ1) is 12.3. The molecule has 0 aliphatic rings. The fourth-order valence-electron chi connectivity index (χ4n) is 2.20. The summed E-state index contributed by atoms with van der Waals surface area (Å²) in [6.07, 6.45) is 2.74. The molecule has 0 aliphatic heterocycles. The van der Waals surface area contributed by atoms with Gasteiger partial charge in [0, 0.05) is 12.6 Å². The Balaban J connectivity index is 1.83. The summed E-state index contributed by atoms with van der Waals surface area (Å²) >= 11 is 1.63. The molecule has 0 unspecified atom stereocenters. The van der Waals surface area contributed by atoms with Crippen molar-refractivity contribution in [2.24, 2.45) is 0 Å². The van der Waals surface area contributed by atoms with Gasteiger partial charge in [-0.1, -0.05) is 0 Å². The third-order valence-electron chi connectivity index (χ3n) is 3.41. The maximum atomic E-state index is 13.0. The number of aromatic nitrogens is 1. The third-order valence-corrected chi connectivity index (χ3v) is 4.37. The van der Waals surface area contributed by atoms with Gasteiger partial charge in [0.05, 0.1) is 16.2 Å². The maximum Gasteiger partial charge on any atom is 0.306 e. The molecule has 0 fully saturated rings. The van der Waals surface area contributed by atoms with E-state index in [0.717, 1.165) is 15.4 Å². The van der Waals surface area contributed by atoms with Gasteiger partial charge in [0.1, 0.15) is 18.0 Å². The number of esters is 1. The number of aryl methyl sites for hydroxylation is 1. The van der Waals surface area contributed by atoms with Crippen molar-refractivity contribution >= 4 is 17.3 Å². The number of ether oxygens (including phenoxy) is 2. The van der Waals surface area contributed by atoms with Gasteiger partial charge in [-0.3, -0.25) is 4.79 Å². The van der Waals surface area contributed by atoms with Crippen LogP contribution in [0.25, 0.3) is 10.4 Å². The predicted molar refractivity (Wildman–Crippen MR) is 102 cm³/mol. The molecule has 0 saturated heterocycles. The Kier molecular flexibility index (Phi) is 6.91. The number of carbonyl (C=O) groups excluding carboxylic acids is 1. The number of benzene rings is 1. The van der Waals surface area contributed by atoms with Crippen LogP contribution in [0.1, 0.15) is 38.6 Å². The molecular weight excluding hydrogens is 353 g/mol. The molecule has 0 spiro atoms. The largest absolute Gasteiger partial charge is 0.489 e. The highest BCUT2D eigenvalue weighted by Crippen LogP contribution is 2.27. The number of rotatable bonds is 7. The summed E-state index contributed by atoms with van der Waals surface area (Å²) in [5, 5.41) is 1.02. The Hall–Kier alpha value is -2.21. The minimum absolute atomic E-state index is 0.0955. The standard InChI is InChI=1S/C20H24FNO3S/c1-14-22-12-18(26-14)16-6-8-17(9-7-16)24-13-15(11-21)5-10-19(23)25-20(2,3)4/h6-9,11-12H,5,10,13H2,1-4H3/b15-11+. The van der Waals surface area contributed by atoms with Crippen molar-refractivity contribution in [1.82, 2.24) is 4.98 Å². The Morgan fingerprint density at radius 2 is 1.92 bits per heavy atom. The summed E-state index contributed by atoms with van der Waals surface area (Å²) < 4.78 is 23.9. The van der Waals surface area contributed by atoms with Crippen molar-refractivity contribution in [3.63, 3.8) is 0 Å². The molecule has 1 aromatic heterocycles. The van der Waals surface area contributed by atoms with E-state index in [1.165, 1.54) is 0 Å². The SMILES string of the molecule is Cc1ncc(-c2ccc(OC/C(=C/F)CCC(=O)OC(C)(C)C)cc2)s1. The van der Waals surface area contributed by atoms with Gasteiger partial charge in [-0.05, 0) is 69.5 Å². The average molecular weight is 377 g/mol. The van der Waals surface area contributed by atoms with Crippen molar-refractivity contribution < 1.29 is 18.7 Å². The lowest BCUT2D eigenvalue weighted by Gasteiger charge is -2.19. The molecular formula is C20H24FNO3S. The second-order valence-corrected chi connectivity index (χ2v) is 8.15. The van der Waals surface area contributed by atoms with Gasteiger partial charge < -0.3 is 9.47 Å². The average Bonchev–Trinajstić information content (AvgIpc) is 3.00. The molecule has 140 valence electrons. The van der Waals surface area contributed by atoms with Crippen LogP contribution in [0, 0.1) is 6.92 Å². The first-order valence-electron chi connectivity index (χ1n) is 8.42. The molecule has 4 nitrogen and oxygen atoms in total. The molecule has 1 heterocycles. The first-order valence-corrected chi connectivity index (χ1v) is 9.24.